The maximum Gasteiger partial charge on any atom is 0.130 e. The molecule has 0 spiro atoms. The van der Waals surface area contributed by atoms with Crippen LogP contribution in [0.5, 0.6) is 0 Å². The predicted molar refractivity (Wildman–Crippen MR) is 63.4 cm³/mol. The van der Waals surface area contributed by atoms with E-state index >= 15 is 0 Å². The van der Waals surface area contributed by atoms with Crippen molar-refractivity contribution in [2.75, 3.05) is 0 Å². The second-order valence-corrected chi connectivity index (χ2v) is 3.91. The van der Waals surface area contributed by atoms with E-state index in [1.54, 1.807) is 24.3 Å². The number of hydrogen-bond donors (Lipinski definition) is 0. The third-order valence-electron chi connectivity index (χ3n) is 1.52. The summed E-state index contributed by atoms with van der Waals surface area (Å²) < 4.78 is 0.842. The zero-order valence-corrected chi connectivity index (χ0v) is 9.87. The highest BCUT2D eigenvalue weighted by Crippen LogP contribution is 2.23. The Bertz CT molecular complexity index is 450. The van der Waals surface area contributed by atoms with Crippen molar-refractivity contribution in [3.05, 3.63) is 37.9 Å². The van der Waals surface area contributed by atoms with Crippen molar-refractivity contribution < 1.29 is 0 Å². The number of nitrogens with zero attached hydrogens (tertiary/aromatic N) is 2. The fraction of sp³-hybridized carbons (Fsp3) is 0. The smallest absolute Gasteiger partial charge is 0.130 e. The average Bonchev–Trinajstić information content (AvgIpc) is 2.20. The van der Waals surface area contributed by atoms with Crippen LogP contribution in [0.3, 0.4) is 0 Å². The minimum Gasteiger partial charge on any atom is -0.192 e. The highest BCUT2D eigenvalue weighted by molar-refractivity contribution is 14.1. The lowest BCUT2D eigenvalue weighted by atomic mass is 10.1. The van der Waals surface area contributed by atoms with Gasteiger partial charge in [0.05, 0.1) is 5.02 Å². The standard InChI is InChI=1S/C10H4ClIN2/c11-9-3-1-2-8(10(9)12)4-7(5-13)6-14/h1-4H. The SMILES string of the molecule is N#CC(C#N)=Cc1cccc(Cl)c1I. The summed E-state index contributed by atoms with van der Waals surface area (Å²) in [5, 5.41) is 17.8. The quantitative estimate of drug-likeness (QED) is 0.589. The molecule has 0 amide bonds. The predicted octanol–water partition coefficient (Wildman–Crippen LogP) is 3.38. The Hall–Kier alpha value is -1.04. The fourth-order valence-corrected chi connectivity index (χ4v) is 1.57. The van der Waals surface area contributed by atoms with Crippen LogP contribution in [0.25, 0.3) is 6.08 Å². The summed E-state index contributed by atoms with van der Waals surface area (Å²) in [4.78, 5) is 0. The molecule has 0 N–H and O–H groups in total. The van der Waals surface area contributed by atoms with Crippen molar-refractivity contribution in [2.45, 2.75) is 0 Å². The van der Waals surface area contributed by atoms with Crippen LogP contribution in [0.1, 0.15) is 5.56 Å². The summed E-state index contributed by atoms with van der Waals surface area (Å²) in [6.07, 6.45) is 1.52. The third-order valence-corrected chi connectivity index (χ3v) is 3.36. The Balaban J connectivity index is 3.24. The number of hydrogen-bond acceptors (Lipinski definition) is 2. The zero-order valence-electron chi connectivity index (χ0n) is 6.96. The Kier molecular flexibility index (Phi) is 3.94. The largest absolute Gasteiger partial charge is 0.192 e. The summed E-state index contributed by atoms with van der Waals surface area (Å²) in [5.74, 6) is 0. The highest BCUT2D eigenvalue weighted by Gasteiger charge is 2.02. The van der Waals surface area contributed by atoms with E-state index in [0.29, 0.717) is 5.02 Å². The van der Waals surface area contributed by atoms with Crippen LogP contribution in [0.15, 0.2) is 23.8 Å². The molecule has 4 heteroatoms. The van der Waals surface area contributed by atoms with E-state index in [9.17, 15) is 0 Å². The number of halogens is 2. The van der Waals surface area contributed by atoms with E-state index in [4.69, 9.17) is 22.1 Å². The Morgan fingerprint density at radius 1 is 1.36 bits per heavy atom. The first-order valence-corrected chi connectivity index (χ1v) is 5.10. The monoisotopic (exact) mass is 314 g/mol. The van der Waals surface area contributed by atoms with Gasteiger partial charge >= 0.3 is 0 Å². The molecule has 0 unspecified atom stereocenters. The molecule has 1 rings (SSSR count). The molecule has 68 valence electrons. The third kappa shape index (κ3) is 2.47. The molecule has 0 aliphatic heterocycles. The van der Waals surface area contributed by atoms with Gasteiger partial charge in [-0.2, -0.15) is 10.5 Å². The molecule has 0 fully saturated rings. The van der Waals surface area contributed by atoms with Crippen molar-refractivity contribution >= 4 is 40.3 Å². The molecule has 0 saturated carbocycles. The maximum atomic E-state index is 8.57. The summed E-state index contributed by atoms with van der Waals surface area (Å²) >= 11 is 7.96. The van der Waals surface area contributed by atoms with Gasteiger partial charge in [-0.05, 0) is 40.3 Å². The molecule has 0 bridgehead atoms. The van der Waals surface area contributed by atoms with Crippen molar-refractivity contribution in [2.24, 2.45) is 0 Å². The van der Waals surface area contributed by atoms with Crippen molar-refractivity contribution in [3.8, 4) is 12.1 Å². The van der Waals surface area contributed by atoms with Gasteiger partial charge in [-0.15, -0.1) is 0 Å². The Labute approximate surface area is 101 Å². The van der Waals surface area contributed by atoms with Crippen molar-refractivity contribution in [1.82, 2.24) is 0 Å². The van der Waals surface area contributed by atoms with Gasteiger partial charge in [-0.3, -0.25) is 0 Å². The number of benzene rings is 1. The summed E-state index contributed by atoms with van der Waals surface area (Å²) in [7, 11) is 0. The Morgan fingerprint density at radius 2 is 2.00 bits per heavy atom. The summed E-state index contributed by atoms with van der Waals surface area (Å²) in [6.45, 7) is 0. The van der Waals surface area contributed by atoms with Gasteiger partial charge in [0.2, 0.25) is 0 Å². The molecule has 0 heterocycles. The lowest BCUT2D eigenvalue weighted by Gasteiger charge is -1.99. The molecule has 2 nitrogen and oxygen atoms in total. The van der Waals surface area contributed by atoms with E-state index < -0.39 is 0 Å². The molecule has 1 aromatic rings. The van der Waals surface area contributed by atoms with E-state index in [1.807, 2.05) is 6.07 Å². The van der Waals surface area contributed by atoms with Gasteiger partial charge in [0.15, 0.2) is 0 Å². The number of rotatable bonds is 1. The summed E-state index contributed by atoms with van der Waals surface area (Å²) in [5.41, 5.74) is 0.862. The van der Waals surface area contributed by atoms with Gasteiger partial charge in [0.25, 0.3) is 0 Å². The van der Waals surface area contributed by atoms with E-state index in [-0.39, 0.29) is 5.57 Å². The first kappa shape index (κ1) is 11.0. The molecule has 0 aromatic heterocycles. The highest BCUT2D eigenvalue weighted by atomic mass is 127. The van der Waals surface area contributed by atoms with E-state index in [0.717, 1.165) is 9.13 Å². The average molecular weight is 315 g/mol. The first-order valence-electron chi connectivity index (χ1n) is 3.65. The van der Waals surface area contributed by atoms with Gasteiger partial charge in [-0.1, -0.05) is 23.7 Å². The van der Waals surface area contributed by atoms with Crippen LogP contribution < -0.4 is 0 Å². The first-order chi connectivity index (χ1) is 6.69. The van der Waals surface area contributed by atoms with Gasteiger partial charge in [0.1, 0.15) is 17.7 Å². The van der Waals surface area contributed by atoms with Gasteiger partial charge in [0, 0.05) is 3.57 Å². The number of nitriles is 2. The van der Waals surface area contributed by atoms with Crippen molar-refractivity contribution in [1.29, 1.82) is 10.5 Å². The van der Waals surface area contributed by atoms with Crippen LogP contribution in [0.4, 0.5) is 0 Å². The molecule has 0 radical (unpaired) electrons. The van der Waals surface area contributed by atoms with Crippen LogP contribution in [-0.4, -0.2) is 0 Å². The molecule has 14 heavy (non-hydrogen) atoms. The molecular weight excluding hydrogens is 310 g/mol. The zero-order chi connectivity index (χ0) is 10.6. The molecular formula is C10H4ClIN2. The summed E-state index contributed by atoms with van der Waals surface area (Å²) in [6, 6.07) is 8.95. The van der Waals surface area contributed by atoms with Crippen LogP contribution >= 0.6 is 34.2 Å². The van der Waals surface area contributed by atoms with Crippen LogP contribution in [0, 0.1) is 26.2 Å². The minimum atomic E-state index is 0.0742. The lowest BCUT2D eigenvalue weighted by molar-refractivity contribution is 1.47. The van der Waals surface area contributed by atoms with E-state index in [2.05, 4.69) is 22.6 Å². The molecule has 0 atom stereocenters. The molecule has 0 aliphatic rings. The van der Waals surface area contributed by atoms with Crippen LogP contribution in [0.2, 0.25) is 5.02 Å². The second-order valence-electron chi connectivity index (χ2n) is 2.42. The number of allylic oxidation sites excluding steroid dienone is 1. The topological polar surface area (TPSA) is 47.6 Å². The maximum absolute atomic E-state index is 8.57. The van der Waals surface area contributed by atoms with Crippen LogP contribution in [-0.2, 0) is 0 Å². The minimum absolute atomic E-state index is 0.0742. The Morgan fingerprint density at radius 3 is 2.57 bits per heavy atom. The fourth-order valence-electron chi connectivity index (χ4n) is 0.877. The molecule has 0 aliphatic carbocycles. The van der Waals surface area contributed by atoms with Gasteiger partial charge in [-0.25, -0.2) is 0 Å². The molecule has 0 saturated heterocycles. The van der Waals surface area contributed by atoms with Crippen molar-refractivity contribution in [3.63, 3.8) is 0 Å². The lowest BCUT2D eigenvalue weighted by Crippen LogP contribution is -1.82. The normalized spacial score (nSPS) is 8.57. The van der Waals surface area contributed by atoms with E-state index in [1.165, 1.54) is 6.08 Å². The van der Waals surface area contributed by atoms with Gasteiger partial charge < -0.3 is 0 Å². The second kappa shape index (κ2) is 4.99. The molecule has 1 aromatic carbocycles.